The van der Waals surface area contributed by atoms with E-state index in [0.717, 1.165) is 5.56 Å². The van der Waals surface area contributed by atoms with E-state index in [-0.39, 0.29) is 5.75 Å². The lowest BCUT2D eigenvalue weighted by Crippen LogP contribution is -2.08. The Morgan fingerprint density at radius 1 is 1.44 bits per heavy atom. The minimum absolute atomic E-state index is 0.0865. The van der Waals surface area contributed by atoms with Crippen LogP contribution in [0.15, 0.2) is 6.07 Å². The Bertz CT molecular complexity index is 377. The average Bonchev–Trinajstić information content (AvgIpc) is 2.24. The maximum atomic E-state index is 9.95. The van der Waals surface area contributed by atoms with Crippen LogP contribution in [0.2, 0.25) is 0 Å². The zero-order valence-electron chi connectivity index (χ0n) is 9.95. The van der Waals surface area contributed by atoms with Crippen molar-refractivity contribution < 1.29 is 14.9 Å². The smallest absolute Gasteiger partial charge is 0.128 e. The molecule has 0 saturated carbocycles. The molecule has 0 fully saturated rings. The van der Waals surface area contributed by atoms with Crippen LogP contribution in [0.4, 0.5) is 0 Å². The topological polar surface area (TPSA) is 75.7 Å². The number of aromatic hydroxyl groups is 1. The van der Waals surface area contributed by atoms with Crippen LogP contribution in [0.5, 0.6) is 11.5 Å². The second-order valence-corrected chi connectivity index (χ2v) is 3.88. The standard InChI is InChI=1S/C12H19NO3/c1-7-6-9(10(14)4-5-13)11(15)8(2)12(7)16-3/h6,10,14-15H,4-5,13H2,1-3H3. The fourth-order valence-corrected chi connectivity index (χ4v) is 1.87. The second kappa shape index (κ2) is 5.18. The number of aliphatic hydroxyl groups excluding tert-OH is 1. The van der Waals surface area contributed by atoms with Gasteiger partial charge in [0.15, 0.2) is 0 Å². The minimum atomic E-state index is -0.728. The van der Waals surface area contributed by atoms with Crippen LogP contribution in [0.1, 0.15) is 29.2 Å². The van der Waals surface area contributed by atoms with Crippen molar-refractivity contribution in [3.05, 3.63) is 22.8 Å². The predicted octanol–water partition coefficient (Wildman–Crippen LogP) is 1.40. The van der Waals surface area contributed by atoms with Gasteiger partial charge in [0.1, 0.15) is 11.5 Å². The first-order valence-corrected chi connectivity index (χ1v) is 5.28. The molecule has 90 valence electrons. The van der Waals surface area contributed by atoms with E-state index in [2.05, 4.69) is 0 Å². The summed E-state index contributed by atoms with van der Waals surface area (Å²) in [5, 5.41) is 19.8. The van der Waals surface area contributed by atoms with Crippen molar-refractivity contribution in [1.82, 2.24) is 0 Å². The number of phenols is 1. The lowest BCUT2D eigenvalue weighted by atomic mass is 9.98. The Morgan fingerprint density at radius 3 is 2.56 bits per heavy atom. The Morgan fingerprint density at radius 2 is 2.06 bits per heavy atom. The molecule has 0 heterocycles. The third kappa shape index (κ3) is 2.28. The van der Waals surface area contributed by atoms with E-state index in [1.54, 1.807) is 20.1 Å². The summed E-state index contributed by atoms with van der Waals surface area (Å²) in [5.41, 5.74) is 7.44. The molecule has 0 amide bonds. The van der Waals surface area contributed by atoms with Crippen LogP contribution in [0.25, 0.3) is 0 Å². The number of aliphatic hydroxyl groups is 1. The summed E-state index contributed by atoms with van der Waals surface area (Å²) in [5.74, 6) is 0.740. The number of aryl methyl sites for hydroxylation is 1. The van der Waals surface area contributed by atoms with E-state index in [9.17, 15) is 10.2 Å². The molecule has 1 unspecified atom stereocenters. The molecule has 1 rings (SSSR count). The van der Waals surface area contributed by atoms with Gasteiger partial charge in [-0.1, -0.05) is 0 Å². The molecule has 4 N–H and O–H groups in total. The summed E-state index contributed by atoms with van der Waals surface area (Å²) in [7, 11) is 1.56. The van der Waals surface area contributed by atoms with E-state index in [1.165, 1.54) is 0 Å². The van der Waals surface area contributed by atoms with Gasteiger partial charge >= 0.3 is 0 Å². The van der Waals surface area contributed by atoms with Crippen molar-refractivity contribution in [3.63, 3.8) is 0 Å². The van der Waals surface area contributed by atoms with Gasteiger partial charge in [-0.3, -0.25) is 0 Å². The predicted molar refractivity (Wildman–Crippen MR) is 62.8 cm³/mol. The van der Waals surface area contributed by atoms with Gasteiger partial charge in [0.25, 0.3) is 0 Å². The molecule has 0 saturated heterocycles. The molecule has 4 heteroatoms. The molecule has 1 aromatic carbocycles. The van der Waals surface area contributed by atoms with Crippen molar-refractivity contribution in [1.29, 1.82) is 0 Å². The highest BCUT2D eigenvalue weighted by Crippen LogP contribution is 2.37. The second-order valence-electron chi connectivity index (χ2n) is 3.88. The quantitative estimate of drug-likeness (QED) is 0.724. The van der Waals surface area contributed by atoms with Gasteiger partial charge in [-0.2, -0.15) is 0 Å². The molecular weight excluding hydrogens is 206 g/mol. The molecule has 1 atom stereocenters. The van der Waals surface area contributed by atoms with Crippen molar-refractivity contribution in [2.45, 2.75) is 26.4 Å². The van der Waals surface area contributed by atoms with Crippen LogP contribution >= 0.6 is 0 Å². The third-order valence-corrected chi connectivity index (χ3v) is 2.70. The van der Waals surface area contributed by atoms with Crippen molar-refractivity contribution >= 4 is 0 Å². The summed E-state index contributed by atoms with van der Waals surface area (Å²) < 4.78 is 5.18. The monoisotopic (exact) mass is 225 g/mol. The Hall–Kier alpha value is -1.26. The van der Waals surface area contributed by atoms with Crippen LogP contribution in [0, 0.1) is 13.8 Å². The van der Waals surface area contributed by atoms with Crippen LogP contribution in [0.3, 0.4) is 0 Å². The maximum absolute atomic E-state index is 9.95. The first-order chi connectivity index (χ1) is 7.52. The Labute approximate surface area is 95.7 Å². The normalized spacial score (nSPS) is 12.6. The van der Waals surface area contributed by atoms with Crippen molar-refractivity contribution in [2.24, 2.45) is 5.73 Å². The molecule has 0 aliphatic carbocycles. The zero-order chi connectivity index (χ0) is 12.3. The largest absolute Gasteiger partial charge is 0.507 e. The van der Waals surface area contributed by atoms with Crippen molar-refractivity contribution in [2.75, 3.05) is 13.7 Å². The highest BCUT2D eigenvalue weighted by Gasteiger charge is 2.17. The van der Waals surface area contributed by atoms with E-state index >= 15 is 0 Å². The highest BCUT2D eigenvalue weighted by molar-refractivity contribution is 5.53. The Balaban J connectivity index is 3.22. The molecule has 1 aromatic rings. The summed E-state index contributed by atoms with van der Waals surface area (Å²) in [6.45, 7) is 4.02. The molecule has 0 aliphatic heterocycles. The average molecular weight is 225 g/mol. The van der Waals surface area contributed by atoms with Crippen LogP contribution < -0.4 is 10.5 Å². The number of phenolic OH excluding ortho intramolecular Hbond substituents is 1. The van der Waals surface area contributed by atoms with E-state index in [1.807, 2.05) is 6.92 Å². The van der Waals surface area contributed by atoms with Crippen LogP contribution in [-0.4, -0.2) is 23.9 Å². The van der Waals surface area contributed by atoms with Gasteiger partial charge in [-0.15, -0.1) is 0 Å². The number of benzene rings is 1. The lowest BCUT2D eigenvalue weighted by molar-refractivity contribution is 0.166. The molecule has 0 aromatic heterocycles. The number of hydrogen-bond donors (Lipinski definition) is 3. The number of nitrogens with two attached hydrogens (primary N) is 1. The number of hydrogen-bond acceptors (Lipinski definition) is 4. The maximum Gasteiger partial charge on any atom is 0.128 e. The molecular formula is C12H19NO3. The van der Waals surface area contributed by atoms with Gasteiger partial charge < -0.3 is 20.7 Å². The summed E-state index contributed by atoms with van der Waals surface area (Å²) in [6, 6.07) is 1.74. The van der Waals surface area contributed by atoms with Crippen molar-refractivity contribution in [3.8, 4) is 11.5 Å². The Kier molecular flexibility index (Phi) is 4.15. The zero-order valence-corrected chi connectivity index (χ0v) is 9.95. The number of rotatable bonds is 4. The van der Waals surface area contributed by atoms with Gasteiger partial charge in [-0.05, 0) is 38.4 Å². The van der Waals surface area contributed by atoms with Gasteiger partial charge in [0.05, 0.1) is 13.2 Å². The number of ether oxygens (including phenoxy) is 1. The summed E-state index contributed by atoms with van der Waals surface area (Å²) in [4.78, 5) is 0. The van der Waals surface area contributed by atoms with Gasteiger partial charge in [-0.25, -0.2) is 0 Å². The molecule has 0 bridgehead atoms. The van der Waals surface area contributed by atoms with Gasteiger partial charge in [0.2, 0.25) is 0 Å². The fourth-order valence-electron chi connectivity index (χ4n) is 1.87. The molecule has 0 spiro atoms. The summed E-state index contributed by atoms with van der Waals surface area (Å²) >= 11 is 0. The first kappa shape index (κ1) is 12.8. The molecule has 0 aliphatic rings. The molecule has 0 radical (unpaired) electrons. The summed E-state index contributed by atoms with van der Waals surface area (Å²) in [6.07, 6.45) is -0.299. The van der Waals surface area contributed by atoms with E-state index < -0.39 is 6.10 Å². The SMILES string of the molecule is COc1c(C)cc(C(O)CCN)c(O)c1C. The number of methoxy groups -OCH3 is 1. The van der Waals surface area contributed by atoms with E-state index in [4.69, 9.17) is 10.5 Å². The highest BCUT2D eigenvalue weighted by atomic mass is 16.5. The first-order valence-electron chi connectivity index (χ1n) is 5.28. The molecule has 16 heavy (non-hydrogen) atoms. The molecule has 4 nitrogen and oxygen atoms in total. The minimum Gasteiger partial charge on any atom is -0.507 e. The van der Waals surface area contributed by atoms with Crippen LogP contribution in [-0.2, 0) is 0 Å². The lowest BCUT2D eigenvalue weighted by Gasteiger charge is -2.17. The van der Waals surface area contributed by atoms with E-state index in [0.29, 0.717) is 29.8 Å². The third-order valence-electron chi connectivity index (χ3n) is 2.70. The fraction of sp³-hybridized carbons (Fsp3) is 0.500. The van der Waals surface area contributed by atoms with Gasteiger partial charge in [0, 0.05) is 11.1 Å².